The smallest absolute Gasteiger partial charge is 0.257 e. The Hall–Kier alpha value is -2.21. The van der Waals surface area contributed by atoms with Gasteiger partial charge in [0.1, 0.15) is 0 Å². The van der Waals surface area contributed by atoms with Crippen LogP contribution >= 0.6 is 11.3 Å². The Balaban J connectivity index is 2.52. The fourth-order valence-corrected chi connectivity index (χ4v) is 3.29. The first-order valence-electron chi connectivity index (χ1n) is 7.45. The minimum Gasteiger partial charge on any atom is -0.493 e. The summed E-state index contributed by atoms with van der Waals surface area (Å²) in [6.45, 7) is 5.21. The van der Waals surface area contributed by atoms with Gasteiger partial charge in [-0.3, -0.25) is 4.79 Å². The van der Waals surface area contributed by atoms with Crippen molar-refractivity contribution in [1.29, 1.82) is 0 Å². The van der Waals surface area contributed by atoms with E-state index < -0.39 is 0 Å². The van der Waals surface area contributed by atoms with Crippen LogP contribution in [0.15, 0.2) is 23.6 Å². The molecule has 0 fully saturated rings. The van der Waals surface area contributed by atoms with Crippen LogP contribution in [0.1, 0.15) is 24.2 Å². The fourth-order valence-electron chi connectivity index (χ4n) is 2.48. The molecular formula is C17H22N2O3S. The zero-order chi connectivity index (χ0) is 17.0. The molecule has 0 aliphatic rings. The molecule has 124 valence electrons. The molecule has 0 aliphatic heterocycles. The Morgan fingerprint density at radius 3 is 2.39 bits per heavy atom. The van der Waals surface area contributed by atoms with Gasteiger partial charge in [-0.15, -0.1) is 11.3 Å². The van der Waals surface area contributed by atoms with E-state index in [1.165, 1.54) is 11.3 Å². The fraction of sp³-hybridized carbons (Fsp3) is 0.353. The molecule has 1 amide bonds. The number of benzene rings is 1. The third kappa shape index (κ3) is 3.27. The Bertz CT molecular complexity index is 693. The lowest BCUT2D eigenvalue weighted by molar-refractivity contribution is 0.0775. The van der Waals surface area contributed by atoms with Crippen molar-refractivity contribution in [3.05, 3.63) is 29.1 Å². The van der Waals surface area contributed by atoms with Crippen molar-refractivity contribution in [2.24, 2.45) is 0 Å². The van der Waals surface area contributed by atoms with Gasteiger partial charge in [0, 0.05) is 24.0 Å². The lowest BCUT2D eigenvalue weighted by Crippen LogP contribution is -2.31. The van der Waals surface area contributed by atoms with Gasteiger partial charge in [0.05, 0.1) is 24.8 Å². The molecule has 1 heterocycles. The third-order valence-corrected chi connectivity index (χ3v) is 4.59. The highest BCUT2D eigenvalue weighted by atomic mass is 32.1. The van der Waals surface area contributed by atoms with Gasteiger partial charge in [0.15, 0.2) is 11.5 Å². The average Bonchev–Trinajstić information content (AvgIpc) is 2.96. The van der Waals surface area contributed by atoms with Crippen LogP contribution in [0.3, 0.4) is 0 Å². The highest BCUT2D eigenvalue weighted by molar-refractivity contribution is 7.15. The summed E-state index contributed by atoms with van der Waals surface area (Å²) < 4.78 is 10.6. The van der Waals surface area contributed by atoms with Crippen molar-refractivity contribution in [3.63, 3.8) is 0 Å². The number of carbonyl (C=O) groups excluding carboxylic acids is 1. The van der Waals surface area contributed by atoms with E-state index in [1.54, 1.807) is 19.1 Å². The Morgan fingerprint density at radius 1 is 1.17 bits per heavy atom. The second-order valence-electron chi connectivity index (χ2n) is 4.94. The van der Waals surface area contributed by atoms with Crippen molar-refractivity contribution >= 4 is 22.2 Å². The monoisotopic (exact) mass is 334 g/mol. The van der Waals surface area contributed by atoms with E-state index in [9.17, 15) is 4.79 Å². The second-order valence-corrected chi connectivity index (χ2v) is 5.85. The van der Waals surface area contributed by atoms with Gasteiger partial charge in [-0.1, -0.05) is 6.07 Å². The summed E-state index contributed by atoms with van der Waals surface area (Å²) in [6, 6.07) is 5.59. The number of nitrogen functional groups attached to an aromatic ring is 1. The van der Waals surface area contributed by atoms with E-state index in [-0.39, 0.29) is 5.91 Å². The molecule has 2 rings (SSSR count). The van der Waals surface area contributed by atoms with Crippen molar-refractivity contribution in [2.75, 3.05) is 33.0 Å². The molecule has 0 unspecified atom stereocenters. The molecule has 23 heavy (non-hydrogen) atoms. The molecule has 0 saturated carbocycles. The summed E-state index contributed by atoms with van der Waals surface area (Å²) in [7, 11) is 3.18. The lowest BCUT2D eigenvalue weighted by atomic mass is 10.0. The number of hydrogen-bond acceptors (Lipinski definition) is 5. The zero-order valence-electron chi connectivity index (χ0n) is 13.9. The molecule has 2 N–H and O–H groups in total. The summed E-state index contributed by atoms with van der Waals surface area (Å²) in [4.78, 5) is 14.5. The van der Waals surface area contributed by atoms with Gasteiger partial charge >= 0.3 is 0 Å². The highest BCUT2D eigenvalue weighted by Gasteiger charge is 2.22. The first-order valence-corrected chi connectivity index (χ1v) is 8.33. The van der Waals surface area contributed by atoms with Gasteiger partial charge in [-0.05, 0) is 31.5 Å². The van der Waals surface area contributed by atoms with Crippen LogP contribution in [0.25, 0.3) is 11.1 Å². The summed E-state index contributed by atoms with van der Waals surface area (Å²) in [5.74, 6) is 1.23. The Morgan fingerprint density at radius 2 is 1.83 bits per heavy atom. The van der Waals surface area contributed by atoms with Crippen LogP contribution in [-0.4, -0.2) is 38.1 Å². The summed E-state index contributed by atoms with van der Waals surface area (Å²) in [5.41, 5.74) is 8.33. The lowest BCUT2D eigenvalue weighted by Gasteiger charge is -2.19. The maximum Gasteiger partial charge on any atom is 0.257 e. The number of nitrogens with two attached hydrogens (primary N) is 1. The van der Waals surface area contributed by atoms with Gasteiger partial charge in [-0.2, -0.15) is 0 Å². The van der Waals surface area contributed by atoms with E-state index in [0.29, 0.717) is 35.2 Å². The molecule has 1 aromatic carbocycles. The van der Waals surface area contributed by atoms with E-state index in [1.807, 2.05) is 37.4 Å². The first kappa shape index (κ1) is 17.1. The molecule has 5 nitrogen and oxygen atoms in total. The summed E-state index contributed by atoms with van der Waals surface area (Å²) >= 11 is 1.37. The minimum atomic E-state index is -0.0430. The molecule has 0 spiro atoms. The summed E-state index contributed by atoms with van der Waals surface area (Å²) in [6.07, 6.45) is 0. The number of hydrogen-bond donors (Lipinski definition) is 1. The topological polar surface area (TPSA) is 64.8 Å². The standard InChI is InChI=1S/C17H22N2O3S/c1-5-19(6-2)17(20)15-12(10-23-16(15)18)11-7-8-13(21-3)14(9-11)22-4/h7-10H,5-6,18H2,1-4H3. The maximum atomic E-state index is 12.8. The molecule has 0 atom stereocenters. The zero-order valence-corrected chi connectivity index (χ0v) is 14.7. The SMILES string of the molecule is CCN(CC)C(=O)c1c(-c2ccc(OC)c(OC)c2)csc1N. The van der Waals surface area contributed by atoms with E-state index in [4.69, 9.17) is 15.2 Å². The van der Waals surface area contributed by atoms with Gasteiger partial charge in [0.25, 0.3) is 5.91 Å². The van der Waals surface area contributed by atoms with Gasteiger partial charge in [0.2, 0.25) is 0 Å². The highest BCUT2D eigenvalue weighted by Crippen LogP contribution is 2.38. The van der Waals surface area contributed by atoms with Crippen molar-refractivity contribution in [2.45, 2.75) is 13.8 Å². The number of amides is 1. The van der Waals surface area contributed by atoms with Crippen LogP contribution in [-0.2, 0) is 0 Å². The van der Waals surface area contributed by atoms with E-state index in [2.05, 4.69) is 0 Å². The molecule has 2 aromatic rings. The van der Waals surface area contributed by atoms with E-state index in [0.717, 1.165) is 11.1 Å². The van der Waals surface area contributed by atoms with Crippen molar-refractivity contribution in [1.82, 2.24) is 4.90 Å². The van der Waals surface area contributed by atoms with Crippen LogP contribution in [0.4, 0.5) is 5.00 Å². The number of anilines is 1. The summed E-state index contributed by atoms with van der Waals surface area (Å²) in [5, 5.41) is 2.44. The molecule has 0 aliphatic carbocycles. The number of thiophene rings is 1. The number of ether oxygens (including phenoxy) is 2. The Labute approximate surface area is 140 Å². The molecule has 0 radical (unpaired) electrons. The van der Waals surface area contributed by atoms with Crippen LogP contribution in [0.5, 0.6) is 11.5 Å². The number of methoxy groups -OCH3 is 2. The van der Waals surface area contributed by atoms with Gasteiger partial charge in [-0.25, -0.2) is 0 Å². The Kier molecular flexibility index (Phi) is 5.50. The molecule has 0 bridgehead atoms. The first-order chi connectivity index (χ1) is 11.1. The van der Waals surface area contributed by atoms with Crippen molar-refractivity contribution < 1.29 is 14.3 Å². The van der Waals surface area contributed by atoms with Crippen LogP contribution in [0, 0.1) is 0 Å². The van der Waals surface area contributed by atoms with Crippen LogP contribution in [0.2, 0.25) is 0 Å². The molecule has 6 heteroatoms. The largest absolute Gasteiger partial charge is 0.493 e. The minimum absolute atomic E-state index is 0.0430. The molecule has 1 aromatic heterocycles. The number of carbonyl (C=O) groups is 1. The third-order valence-electron chi connectivity index (χ3n) is 3.78. The second kappa shape index (κ2) is 7.37. The predicted molar refractivity (Wildman–Crippen MR) is 94.5 cm³/mol. The number of nitrogens with zero attached hydrogens (tertiary/aromatic N) is 1. The molecular weight excluding hydrogens is 312 g/mol. The predicted octanol–water partition coefficient (Wildman–Crippen LogP) is 3.50. The van der Waals surface area contributed by atoms with Crippen LogP contribution < -0.4 is 15.2 Å². The normalized spacial score (nSPS) is 10.4. The number of rotatable bonds is 6. The van der Waals surface area contributed by atoms with E-state index >= 15 is 0 Å². The molecule has 0 saturated heterocycles. The maximum absolute atomic E-state index is 12.8. The quantitative estimate of drug-likeness (QED) is 0.878. The average molecular weight is 334 g/mol. The van der Waals surface area contributed by atoms with Crippen molar-refractivity contribution in [3.8, 4) is 22.6 Å². The van der Waals surface area contributed by atoms with Gasteiger partial charge < -0.3 is 20.1 Å².